The standard InChI is InChI=1S/C13H19OPSe/c1-10-9-15(16,11(2)8-13(10)14)12-6-4-3-5-7-12/h3-7,10-11,13-14H,8-9H2,1-2H3/t10-,11-,13-,15-/m1/s1. The molecule has 0 unspecified atom stereocenters. The molecule has 2 rings (SSSR count). The molecule has 0 saturated carbocycles. The van der Waals surface area contributed by atoms with Gasteiger partial charge in [0.1, 0.15) is 0 Å². The third-order valence-electron chi connectivity index (χ3n) is 3.70. The molecule has 16 heavy (non-hydrogen) atoms. The van der Waals surface area contributed by atoms with Gasteiger partial charge in [0.25, 0.3) is 0 Å². The average molecular weight is 301 g/mol. The Morgan fingerprint density at radius 2 is 1.88 bits per heavy atom. The monoisotopic (exact) mass is 302 g/mol. The fourth-order valence-electron chi connectivity index (χ4n) is 2.52. The van der Waals surface area contributed by atoms with Crippen LogP contribution < -0.4 is 5.30 Å². The predicted molar refractivity (Wildman–Crippen MR) is 72.9 cm³/mol. The van der Waals surface area contributed by atoms with Gasteiger partial charge in [0.05, 0.1) is 0 Å². The molecule has 1 aliphatic rings. The zero-order valence-corrected chi connectivity index (χ0v) is 12.4. The Balaban J connectivity index is 2.35. The second-order valence-corrected chi connectivity index (χ2v) is 12.4. The van der Waals surface area contributed by atoms with Crippen LogP contribution >= 0.6 is 5.51 Å². The quantitative estimate of drug-likeness (QED) is 0.623. The van der Waals surface area contributed by atoms with Crippen molar-refractivity contribution in [2.75, 3.05) is 6.16 Å². The number of aliphatic hydroxyl groups is 1. The summed E-state index contributed by atoms with van der Waals surface area (Å²) in [5, 5.41) is 11.4. The van der Waals surface area contributed by atoms with Gasteiger partial charge in [-0.25, -0.2) is 0 Å². The summed E-state index contributed by atoms with van der Waals surface area (Å²) in [6, 6.07) is 10.8. The third-order valence-corrected chi connectivity index (χ3v) is 12.2. The first-order chi connectivity index (χ1) is 7.54. The molecule has 0 radical (unpaired) electrons. The molecule has 0 aromatic heterocycles. The number of benzene rings is 1. The SMILES string of the molecule is C[C@@H]1C[P@](=[Se])(c2ccccc2)[C@H](C)C[C@H]1O. The van der Waals surface area contributed by atoms with Crippen molar-refractivity contribution in [3.05, 3.63) is 30.3 Å². The molecule has 1 N–H and O–H groups in total. The van der Waals surface area contributed by atoms with Crippen LogP contribution in [0.2, 0.25) is 0 Å². The van der Waals surface area contributed by atoms with Gasteiger partial charge < -0.3 is 0 Å². The Labute approximate surface area is 105 Å². The van der Waals surface area contributed by atoms with E-state index in [0.717, 1.165) is 12.6 Å². The summed E-state index contributed by atoms with van der Waals surface area (Å²) in [6.45, 7) is 4.46. The van der Waals surface area contributed by atoms with Gasteiger partial charge in [0.15, 0.2) is 0 Å². The van der Waals surface area contributed by atoms with E-state index in [0.29, 0.717) is 11.6 Å². The molecule has 88 valence electrons. The molecule has 1 aromatic rings. The van der Waals surface area contributed by atoms with Crippen LogP contribution in [-0.2, 0) is 0 Å². The summed E-state index contributed by atoms with van der Waals surface area (Å²) in [5.74, 6) is 0.422. The first-order valence-corrected chi connectivity index (χ1v) is 10.1. The second-order valence-electron chi connectivity index (χ2n) is 4.94. The molecule has 0 aliphatic carbocycles. The van der Waals surface area contributed by atoms with Crippen molar-refractivity contribution in [1.82, 2.24) is 0 Å². The van der Waals surface area contributed by atoms with Crippen LogP contribution in [0.3, 0.4) is 0 Å². The minimum absolute atomic E-state index is 0.111. The molecule has 0 bridgehead atoms. The van der Waals surface area contributed by atoms with Crippen molar-refractivity contribution in [2.45, 2.75) is 32.0 Å². The molecule has 1 heterocycles. The fourth-order valence-corrected chi connectivity index (χ4v) is 8.72. The Morgan fingerprint density at radius 1 is 1.25 bits per heavy atom. The Kier molecular flexibility index (Phi) is 3.76. The van der Waals surface area contributed by atoms with E-state index in [1.54, 1.807) is 0 Å². The van der Waals surface area contributed by atoms with Gasteiger partial charge in [-0.15, -0.1) is 0 Å². The van der Waals surface area contributed by atoms with Crippen molar-refractivity contribution in [2.24, 2.45) is 5.92 Å². The van der Waals surface area contributed by atoms with E-state index in [9.17, 15) is 5.11 Å². The Bertz CT molecular complexity index is 404. The van der Waals surface area contributed by atoms with Gasteiger partial charge in [0.2, 0.25) is 0 Å². The van der Waals surface area contributed by atoms with E-state index < -0.39 is 5.51 Å². The normalized spacial score (nSPS) is 39.6. The van der Waals surface area contributed by atoms with Gasteiger partial charge in [-0.3, -0.25) is 0 Å². The van der Waals surface area contributed by atoms with Gasteiger partial charge in [0, 0.05) is 0 Å². The summed E-state index contributed by atoms with van der Waals surface area (Å²) >= 11 is 3.51. The van der Waals surface area contributed by atoms with Crippen molar-refractivity contribution < 1.29 is 5.11 Å². The maximum absolute atomic E-state index is 9.93. The summed E-state index contributed by atoms with van der Waals surface area (Å²) in [7, 11) is 0. The molecular formula is C13H19OPSe. The summed E-state index contributed by atoms with van der Waals surface area (Å²) in [6.07, 6.45) is 1.97. The molecule has 1 saturated heterocycles. The molecule has 0 amide bonds. The van der Waals surface area contributed by atoms with Gasteiger partial charge in [-0.05, 0) is 0 Å². The van der Waals surface area contributed by atoms with Gasteiger partial charge >= 0.3 is 105 Å². The molecule has 1 fully saturated rings. The summed E-state index contributed by atoms with van der Waals surface area (Å²) in [4.78, 5) is 0. The van der Waals surface area contributed by atoms with E-state index in [1.165, 1.54) is 5.30 Å². The number of hydrogen-bond donors (Lipinski definition) is 1. The first-order valence-electron chi connectivity index (χ1n) is 5.86. The van der Waals surface area contributed by atoms with Crippen LogP contribution in [0.15, 0.2) is 30.3 Å². The number of aliphatic hydroxyl groups excluding tert-OH is 1. The van der Waals surface area contributed by atoms with Crippen molar-refractivity contribution in [3.63, 3.8) is 0 Å². The molecule has 1 aromatic carbocycles. The number of hydrogen-bond acceptors (Lipinski definition) is 1. The minimum atomic E-state index is -1.19. The zero-order valence-electron chi connectivity index (χ0n) is 9.84. The molecule has 1 aliphatic heterocycles. The third kappa shape index (κ3) is 2.22. The summed E-state index contributed by atoms with van der Waals surface area (Å²) in [5.41, 5.74) is -0.587. The van der Waals surface area contributed by atoms with Gasteiger partial charge in [-0.2, -0.15) is 0 Å². The Hall–Kier alpha value is 0.129. The summed E-state index contributed by atoms with van der Waals surface area (Å²) < 4.78 is 0. The van der Waals surface area contributed by atoms with Crippen molar-refractivity contribution >= 4 is 25.9 Å². The van der Waals surface area contributed by atoms with Crippen LogP contribution in [-0.4, -0.2) is 38.1 Å². The average Bonchev–Trinajstić information content (AvgIpc) is 2.28. The number of rotatable bonds is 1. The second kappa shape index (κ2) is 4.78. The van der Waals surface area contributed by atoms with Crippen LogP contribution in [0.25, 0.3) is 0 Å². The van der Waals surface area contributed by atoms with E-state index in [1.807, 2.05) is 0 Å². The molecular weight excluding hydrogens is 282 g/mol. The van der Waals surface area contributed by atoms with Crippen LogP contribution in [0.5, 0.6) is 0 Å². The van der Waals surface area contributed by atoms with E-state index in [4.69, 9.17) is 0 Å². The van der Waals surface area contributed by atoms with Crippen molar-refractivity contribution in [1.29, 1.82) is 0 Å². The van der Waals surface area contributed by atoms with Crippen molar-refractivity contribution in [3.8, 4) is 0 Å². The zero-order chi connectivity index (χ0) is 11.8. The molecule has 4 atom stereocenters. The van der Waals surface area contributed by atoms with E-state index in [2.05, 4.69) is 59.3 Å². The molecule has 1 nitrogen and oxygen atoms in total. The van der Waals surface area contributed by atoms with Crippen LogP contribution in [0.4, 0.5) is 0 Å². The van der Waals surface area contributed by atoms with E-state index in [-0.39, 0.29) is 6.10 Å². The maximum atomic E-state index is 9.93. The topological polar surface area (TPSA) is 20.2 Å². The van der Waals surface area contributed by atoms with Crippen LogP contribution in [0, 0.1) is 5.92 Å². The predicted octanol–water partition coefficient (Wildman–Crippen LogP) is 2.20. The Morgan fingerprint density at radius 3 is 2.50 bits per heavy atom. The first kappa shape index (κ1) is 12.6. The molecule has 3 heteroatoms. The van der Waals surface area contributed by atoms with E-state index >= 15 is 0 Å². The van der Waals surface area contributed by atoms with Gasteiger partial charge in [-0.1, -0.05) is 0 Å². The van der Waals surface area contributed by atoms with Crippen LogP contribution in [0.1, 0.15) is 20.3 Å². The fraction of sp³-hybridized carbons (Fsp3) is 0.538. The molecule has 0 spiro atoms.